The molecule has 2 aromatic carbocycles. The van der Waals surface area contributed by atoms with Crippen molar-refractivity contribution in [2.75, 3.05) is 0 Å². The number of carbonyl (C=O) groups excluding carboxylic acids is 1. The van der Waals surface area contributed by atoms with Crippen LogP contribution in [0.3, 0.4) is 0 Å². The molecular weight excluding hydrogens is 380 g/mol. The van der Waals surface area contributed by atoms with Gasteiger partial charge >= 0.3 is 5.97 Å². The summed E-state index contributed by atoms with van der Waals surface area (Å²) >= 11 is 2.90. The van der Waals surface area contributed by atoms with E-state index in [1.807, 2.05) is 55.5 Å². The van der Waals surface area contributed by atoms with Gasteiger partial charge in [0.1, 0.15) is 29.0 Å². The van der Waals surface area contributed by atoms with Crippen LogP contribution in [-0.4, -0.2) is 15.9 Å². The molecule has 0 aliphatic carbocycles. The second kappa shape index (κ2) is 7.85. The normalized spacial score (nSPS) is 10.9. The molecule has 4 aromatic rings. The van der Waals surface area contributed by atoms with Crippen molar-refractivity contribution in [1.82, 2.24) is 9.97 Å². The zero-order chi connectivity index (χ0) is 18.6. The topological polar surface area (TPSA) is 61.3 Å². The van der Waals surface area contributed by atoms with Crippen molar-refractivity contribution < 1.29 is 14.3 Å². The number of rotatable bonds is 6. The van der Waals surface area contributed by atoms with Crippen LogP contribution < -0.4 is 4.74 Å². The molecule has 7 heteroatoms. The van der Waals surface area contributed by atoms with Gasteiger partial charge in [0, 0.05) is 5.38 Å². The number of aryl methyl sites for hydroxylation is 1. The lowest BCUT2D eigenvalue weighted by Crippen LogP contribution is -2.06. The maximum absolute atomic E-state index is 12.2. The average Bonchev–Trinajstić information content (AvgIpc) is 3.32. The van der Waals surface area contributed by atoms with Crippen LogP contribution in [0.4, 0.5) is 0 Å². The minimum atomic E-state index is -0.452. The summed E-state index contributed by atoms with van der Waals surface area (Å²) in [5, 5.41) is 3.18. The second-order valence-electron chi connectivity index (χ2n) is 5.88. The van der Waals surface area contributed by atoms with Crippen molar-refractivity contribution in [2.24, 2.45) is 0 Å². The number of fused-ring (bicyclic) bond motifs is 1. The molecule has 0 saturated carbocycles. The van der Waals surface area contributed by atoms with Gasteiger partial charge in [-0.25, -0.2) is 14.8 Å². The van der Waals surface area contributed by atoms with Crippen LogP contribution in [0.25, 0.3) is 10.2 Å². The first kappa shape index (κ1) is 17.6. The Morgan fingerprint density at radius 2 is 1.81 bits per heavy atom. The first-order chi connectivity index (χ1) is 13.2. The van der Waals surface area contributed by atoms with Gasteiger partial charge in [0.05, 0.1) is 10.2 Å². The lowest BCUT2D eigenvalue weighted by atomic mass is 10.2. The number of ether oxygens (including phenoxy) is 2. The van der Waals surface area contributed by atoms with Crippen LogP contribution in [0.1, 0.15) is 26.1 Å². The Bertz CT molecular complexity index is 1040. The first-order valence-electron chi connectivity index (χ1n) is 8.33. The van der Waals surface area contributed by atoms with E-state index in [0.29, 0.717) is 12.3 Å². The Morgan fingerprint density at radius 1 is 1.00 bits per heavy atom. The van der Waals surface area contributed by atoms with Crippen molar-refractivity contribution in [3.63, 3.8) is 0 Å². The molecule has 0 unspecified atom stereocenters. The number of hydrogen-bond acceptors (Lipinski definition) is 7. The van der Waals surface area contributed by atoms with Crippen LogP contribution in [-0.2, 0) is 18.0 Å². The minimum absolute atomic E-state index is 0.144. The van der Waals surface area contributed by atoms with E-state index < -0.39 is 5.97 Å². The average molecular weight is 396 g/mol. The molecule has 0 spiro atoms. The molecule has 0 atom stereocenters. The Morgan fingerprint density at radius 3 is 2.63 bits per heavy atom. The second-order valence-corrected chi connectivity index (χ2v) is 7.94. The van der Waals surface area contributed by atoms with E-state index in [9.17, 15) is 4.79 Å². The van der Waals surface area contributed by atoms with E-state index in [-0.39, 0.29) is 6.61 Å². The monoisotopic (exact) mass is 396 g/mol. The molecule has 5 nitrogen and oxygen atoms in total. The van der Waals surface area contributed by atoms with Gasteiger partial charge in [0.15, 0.2) is 5.69 Å². The molecule has 2 aromatic heterocycles. The fourth-order valence-corrected chi connectivity index (χ4v) is 3.99. The smallest absolute Gasteiger partial charge is 0.358 e. The van der Waals surface area contributed by atoms with Gasteiger partial charge in [-0.3, -0.25) is 0 Å². The van der Waals surface area contributed by atoms with E-state index >= 15 is 0 Å². The van der Waals surface area contributed by atoms with E-state index in [4.69, 9.17) is 9.47 Å². The van der Waals surface area contributed by atoms with Gasteiger partial charge < -0.3 is 9.47 Å². The predicted molar refractivity (Wildman–Crippen MR) is 106 cm³/mol. The van der Waals surface area contributed by atoms with Crippen molar-refractivity contribution >= 4 is 38.9 Å². The van der Waals surface area contributed by atoms with Crippen LogP contribution in [0, 0.1) is 6.92 Å². The highest BCUT2D eigenvalue weighted by Crippen LogP contribution is 2.22. The molecule has 0 amide bonds. The zero-order valence-corrected chi connectivity index (χ0v) is 16.2. The van der Waals surface area contributed by atoms with E-state index in [1.54, 1.807) is 5.38 Å². The van der Waals surface area contributed by atoms with Gasteiger partial charge in [-0.2, -0.15) is 0 Å². The predicted octanol–water partition coefficient (Wildman–Crippen LogP) is 5.00. The largest absolute Gasteiger partial charge is 0.486 e. The van der Waals surface area contributed by atoms with Crippen molar-refractivity contribution in [2.45, 2.75) is 20.1 Å². The third-order valence-electron chi connectivity index (χ3n) is 3.81. The number of benzene rings is 2. The Hall–Kier alpha value is -2.77. The summed E-state index contributed by atoms with van der Waals surface area (Å²) in [6.07, 6.45) is 0. The standard InChI is InChI=1S/C20H16N2O3S2/c1-13-6-8-14(9-7-13)24-10-18-22-16(12-26-18)20(23)25-11-19-21-15-4-2-3-5-17(15)27-19/h2-9,12H,10-11H2,1H3. The SMILES string of the molecule is Cc1ccc(OCc2nc(C(=O)OCc3nc4ccccc4s3)cs2)cc1. The van der Waals surface area contributed by atoms with Gasteiger partial charge in [-0.15, -0.1) is 22.7 Å². The van der Waals surface area contributed by atoms with Crippen molar-refractivity contribution in [3.05, 3.63) is 75.2 Å². The lowest BCUT2D eigenvalue weighted by Gasteiger charge is -2.03. The summed E-state index contributed by atoms with van der Waals surface area (Å²) in [5.74, 6) is 0.322. The number of hydrogen-bond donors (Lipinski definition) is 0. The summed E-state index contributed by atoms with van der Waals surface area (Å²) in [6, 6.07) is 15.6. The number of esters is 1. The maximum atomic E-state index is 12.2. The summed E-state index contributed by atoms with van der Waals surface area (Å²) in [5.41, 5.74) is 2.39. The van der Waals surface area contributed by atoms with Gasteiger partial charge in [0.25, 0.3) is 0 Å². The number of thiazole rings is 2. The molecule has 0 bridgehead atoms. The fraction of sp³-hybridized carbons (Fsp3) is 0.150. The molecule has 2 heterocycles. The number of carbonyl (C=O) groups is 1. The van der Waals surface area contributed by atoms with E-state index in [2.05, 4.69) is 9.97 Å². The molecule has 0 aliphatic rings. The molecule has 0 fully saturated rings. The van der Waals surface area contributed by atoms with Crippen LogP contribution in [0.2, 0.25) is 0 Å². The lowest BCUT2D eigenvalue weighted by molar-refractivity contribution is 0.0466. The van der Waals surface area contributed by atoms with Crippen LogP contribution in [0.15, 0.2) is 53.9 Å². The summed E-state index contributed by atoms with van der Waals surface area (Å²) in [7, 11) is 0. The van der Waals surface area contributed by atoms with Gasteiger partial charge in [-0.1, -0.05) is 29.8 Å². The Balaban J connectivity index is 1.33. The Kier molecular flexibility index (Phi) is 5.13. The van der Waals surface area contributed by atoms with Crippen LogP contribution >= 0.6 is 22.7 Å². The van der Waals surface area contributed by atoms with E-state index in [1.165, 1.54) is 28.2 Å². The molecule has 27 heavy (non-hydrogen) atoms. The minimum Gasteiger partial charge on any atom is -0.486 e. The highest BCUT2D eigenvalue weighted by Gasteiger charge is 2.14. The first-order valence-corrected chi connectivity index (χ1v) is 10.0. The molecule has 0 aliphatic heterocycles. The molecule has 0 radical (unpaired) electrons. The summed E-state index contributed by atoms with van der Waals surface area (Å²) in [4.78, 5) is 21.0. The molecular formula is C20H16N2O3S2. The zero-order valence-electron chi connectivity index (χ0n) is 14.5. The van der Waals surface area contributed by atoms with Crippen LogP contribution in [0.5, 0.6) is 5.75 Å². The maximum Gasteiger partial charge on any atom is 0.358 e. The molecule has 0 saturated heterocycles. The van der Waals surface area contributed by atoms with Crippen molar-refractivity contribution in [1.29, 1.82) is 0 Å². The molecule has 4 rings (SSSR count). The van der Waals surface area contributed by atoms with Gasteiger partial charge in [0.2, 0.25) is 0 Å². The number of aromatic nitrogens is 2. The summed E-state index contributed by atoms with van der Waals surface area (Å²) < 4.78 is 12.1. The van der Waals surface area contributed by atoms with Crippen molar-refractivity contribution in [3.8, 4) is 5.75 Å². The highest BCUT2D eigenvalue weighted by molar-refractivity contribution is 7.18. The quantitative estimate of drug-likeness (QED) is 0.429. The highest BCUT2D eigenvalue weighted by atomic mass is 32.1. The fourth-order valence-electron chi connectivity index (χ4n) is 2.43. The third-order valence-corrected chi connectivity index (χ3v) is 5.64. The molecule has 0 N–H and O–H groups in total. The Labute approximate surface area is 164 Å². The number of nitrogens with zero attached hydrogens (tertiary/aromatic N) is 2. The third kappa shape index (κ3) is 4.32. The number of para-hydroxylation sites is 1. The van der Waals surface area contributed by atoms with Gasteiger partial charge in [-0.05, 0) is 31.2 Å². The summed E-state index contributed by atoms with van der Waals surface area (Å²) in [6.45, 7) is 2.49. The molecule has 136 valence electrons. The van der Waals surface area contributed by atoms with E-state index in [0.717, 1.165) is 26.0 Å².